The van der Waals surface area contributed by atoms with Gasteiger partial charge in [-0.05, 0) is 0 Å². The zero-order valence-electron chi connectivity index (χ0n) is 7.48. The van der Waals surface area contributed by atoms with Gasteiger partial charge in [0.2, 0.25) is 0 Å². The fourth-order valence-corrected chi connectivity index (χ4v) is 1.10. The predicted octanol–water partition coefficient (Wildman–Crippen LogP) is -9.01. The van der Waals surface area contributed by atoms with Crippen LogP contribution in [-0.2, 0) is 34.5 Å². The summed E-state index contributed by atoms with van der Waals surface area (Å²) in [5.74, 6) is 0. The minimum atomic E-state index is -5.68. The Bertz CT molecular complexity index is 168. The van der Waals surface area contributed by atoms with E-state index in [0.717, 1.165) is 0 Å². The van der Waals surface area contributed by atoms with Crippen molar-refractivity contribution in [2.75, 3.05) is 0 Å². The zero-order chi connectivity index (χ0) is 7.71. The maximum absolute atomic E-state index is 9.32. The maximum atomic E-state index is 9.32. The topological polar surface area (TPSA) is 206 Å². The molecule has 0 aliphatic heterocycles. The molecule has 0 aliphatic carbocycles. The molecule has 0 unspecified atom stereocenters. The molecule has 0 saturated carbocycles. The van der Waals surface area contributed by atoms with Gasteiger partial charge in [-0.2, -0.15) is 0 Å². The van der Waals surface area contributed by atoms with Gasteiger partial charge >= 0.3 is 80.2 Å². The van der Waals surface area contributed by atoms with Crippen LogP contribution in [0.3, 0.4) is 0 Å². The molecule has 0 aromatic heterocycles. The van der Waals surface area contributed by atoms with Crippen molar-refractivity contribution in [3.05, 3.63) is 0 Å². The first-order valence-electron chi connectivity index (χ1n) is 1.46. The third-order valence-electron chi connectivity index (χ3n) is 0.200. The van der Waals surface area contributed by atoms with E-state index in [9.17, 15) is 28.7 Å². The average molecular weight is 449 g/mol. The molecule has 0 heterocycles. The van der Waals surface area contributed by atoms with Crippen LogP contribution in [0.15, 0.2) is 0 Å². The summed E-state index contributed by atoms with van der Waals surface area (Å²) in [5.41, 5.74) is 0. The van der Waals surface area contributed by atoms with Crippen LogP contribution in [0, 0.1) is 0 Å². The average Bonchev–Trinajstić information content (AvgIpc) is 1.14. The van der Waals surface area contributed by atoms with Gasteiger partial charge in [-0.15, -0.1) is 0 Å². The molecule has 0 radical (unpaired) electrons. The molecule has 0 saturated heterocycles. The molecule has 14 heavy (non-hydrogen) atoms. The van der Waals surface area contributed by atoms with Crippen molar-refractivity contribution >= 4 is 15.6 Å². The van der Waals surface area contributed by atoms with E-state index < -0.39 is 15.6 Å². The van der Waals surface area contributed by atoms with Crippen molar-refractivity contribution in [1.29, 1.82) is 0 Å². The summed E-state index contributed by atoms with van der Waals surface area (Å²) in [6.45, 7) is 0. The summed E-state index contributed by atoms with van der Waals surface area (Å²) in [7, 11) is -11.4. The van der Waals surface area contributed by atoms with E-state index in [1.54, 1.807) is 0 Å². The van der Waals surface area contributed by atoms with Gasteiger partial charge in [-0.1, -0.05) is 0 Å². The Kier molecular flexibility index (Phi) is 35.8. The third kappa shape index (κ3) is 36.4. The monoisotopic (exact) mass is 449 g/mol. The third-order valence-corrected chi connectivity index (χ3v) is 1.80. The Morgan fingerprint density at radius 3 is 0.929 bits per heavy atom. The van der Waals surface area contributed by atoms with Gasteiger partial charge in [0.15, 0.2) is 0 Å². The maximum Gasteiger partial charge on any atom is 2.00 e. The van der Waals surface area contributed by atoms with E-state index >= 15 is 0 Å². The number of phosphoric acid groups is 2. The molecule has 0 bridgehead atoms. The van der Waals surface area contributed by atoms with Crippen LogP contribution in [0.1, 0.15) is 0 Å². The molecule has 0 aromatic carbocycles. The fourth-order valence-electron chi connectivity index (χ4n) is 0.122. The first-order valence-corrected chi connectivity index (χ1v) is 4.38. The van der Waals surface area contributed by atoms with Crippen molar-refractivity contribution in [3.8, 4) is 0 Å². The van der Waals surface area contributed by atoms with Gasteiger partial charge in [0.05, 0.1) is 15.6 Å². The van der Waals surface area contributed by atoms with E-state index in [-0.39, 0.29) is 92.5 Å². The Morgan fingerprint density at radius 1 is 0.786 bits per heavy atom. The molecule has 6 N–H and O–H groups in total. The molecule has 80 valence electrons. The molecule has 0 fully saturated rings. The predicted molar refractivity (Wildman–Crippen MR) is 26.3 cm³/mol. The van der Waals surface area contributed by atoms with E-state index in [2.05, 4.69) is 4.31 Å². The van der Waals surface area contributed by atoms with Crippen LogP contribution in [-0.4, -0.2) is 0 Å². The van der Waals surface area contributed by atoms with E-state index in [1.165, 1.54) is 0 Å². The largest absolute Gasteiger partial charge is 2.00 e. The Labute approximate surface area is 139 Å². The molecular weight excluding hydrogens is 443 g/mol. The minimum Gasteiger partial charge on any atom is -0.790 e. The molecule has 9 nitrogen and oxygen atoms in total. The van der Waals surface area contributed by atoms with Crippen molar-refractivity contribution in [1.82, 2.24) is 12.3 Å². The molecule has 0 amide bonds. The van der Waals surface area contributed by atoms with Gasteiger partial charge in [-0.25, -0.2) is 0 Å². The molecule has 0 atom stereocenters. The molecule has 0 spiro atoms. The van der Waals surface area contributed by atoms with E-state index in [0.29, 0.717) is 0 Å². The summed E-state index contributed by atoms with van der Waals surface area (Å²) < 4.78 is 21.2. The summed E-state index contributed by atoms with van der Waals surface area (Å²) in [6, 6.07) is 0. The second-order valence-corrected chi connectivity index (χ2v) is 3.42. The van der Waals surface area contributed by atoms with Crippen LogP contribution in [0.2, 0.25) is 0 Å². The van der Waals surface area contributed by atoms with Gasteiger partial charge in [0, 0.05) is 0 Å². The van der Waals surface area contributed by atoms with E-state index in [4.69, 9.17) is 0 Å². The van der Waals surface area contributed by atoms with Gasteiger partial charge in [0.1, 0.15) is 0 Å². The Balaban J connectivity index is -0.0000000320. The second-order valence-electron chi connectivity index (χ2n) is 0.976. The van der Waals surface area contributed by atoms with Crippen molar-refractivity contribution in [2.24, 2.45) is 0 Å². The number of hydrogen-bond donors (Lipinski definition) is 2. The summed E-state index contributed by atoms with van der Waals surface area (Å²) >= 11 is 0. The van der Waals surface area contributed by atoms with Crippen molar-refractivity contribution in [2.45, 2.75) is 0 Å². The van der Waals surface area contributed by atoms with Crippen LogP contribution in [0.5, 0.6) is 0 Å². The standard InChI is InChI=1S/2H3N.2Na.H4O7P2.Pt/c;;;;1-8(2,3)7-9(4,5)6;/h2*1H3;;;(H2,1,2,3)(H2,4,5,6);/q;;2*+1;;+2/p-4. The molecule has 0 aliphatic rings. The first-order chi connectivity index (χ1) is 3.71. The molecular formula is H6N2Na2O7P2Pt. The quantitative estimate of drug-likeness (QED) is 0.303. The normalized spacial score (nSPS) is 8.86. The SMILES string of the molecule is N.N.O=P([O-])([O-])OP(=O)([O-])[O-].[Na+].[Na+].[Pt+2]. The van der Waals surface area contributed by atoms with Crippen LogP contribution in [0.4, 0.5) is 0 Å². The number of hydrogen-bond acceptors (Lipinski definition) is 9. The minimum absolute atomic E-state index is 0. The Morgan fingerprint density at radius 2 is 0.929 bits per heavy atom. The number of rotatable bonds is 2. The van der Waals surface area contributed by atoms with Crippen molar-refractivity contribution < 1.29 is 113 Å². The Hall–Kier alpha value is 2.87. The van der Waals surface area contributed by atoms with Crippen LogP contribution < -0.4 is 91.0 Å². The first kappa shape index (κ1) is 36.0. The summed E-state index contributed by atoms with van der Waals surface area (Å²) in [4.78, 5) is 37.3. The summed E-state index contributed by atoms with van der Waals surface area (Å²) in [6.07, 6.45) is 0. The molecule has 0 aromatic rings. The van der Waals surface area contributed by atoms with Crippen molar-refractivity contribution in [3.63, 3.8) is 0 Å². The molecule has 0 rings (SSSR count). The van der Waals surface area contributed by atoms with Gasteiger partial charge in [0.25, 0.3) is 0 Å². The van der Waals surface area contributed by atoms with Gasteiger partial charge in [-0.3, -0.25) is 0 Å². The smallest absolute Gasteiger partial charge is 0.790 e. The van der Waals surface area contributed by atoms with Crippen LogP contribution in [0.25, 0.3) is 0 Å². The molecule has 14 heteroatoms. The second kappa shape index (κ2) is 13.9. The van der Waals surface area contributed by atoms with Gasteiger partial charge < -0.3 is 45.3 Å². The van der Waals surface area contributed by atoms with Crippen LogP contribution >= 0.6 is 15.6 Å². The zero-order valence-corrected chi connectivity index (χ0v) is 15.5. The summed E-state index contributed by atoms with van der Waals surface area (Å²) in [5, 5.41) is 0. The fraction of sp³-hybridized carbons (Fsp3) is 0. The van der Waals surface area contributed by atoms with E-state index in [1.807, 2.05) is 0 Å².